The van der Waals surface area contributed by atoms with Crippen LogP contribution in [0.1, 0.15) is 5.56 Å². The summed E-state index contributed by atoms with van der Waals surface area (Å²) in [5.74, 6) is 0. The van der Waals surface area contributed by atoms with Gasteiger partial charge in [-0.25, -0.2) is 0 Å². The molecule has 0 aliphatic heterocycles. The maximum absolute atomic E-state index is 9.76. The van der Waals surface area contributed by atoms with Crippen LogP contribution in [0.2, 0.25) is 5.02 Å². The monoisotopic (exact) mass is 222 g/mol. The van der Waals surface area contributed by atoms with Gasteiger partial charge in [0.2, 0.25) is 0 Å². The Morgan fingerprint density at radius 1 is 1.07 bits per heavy atom. The standard InChI is InChI=1S/C12H11ClO2/c13-9-6-4-8(5-7-9)10-2-1-3-11(14)12(10)15/h1-7,11-12,14-15H. The summed E-state index contributed by atoms with van der Waals surface area (Å²) in [4.78, 5) is 0. The topological polar surface area (TPSA) is 40.5 Å². The van der Waals surface area contributed by atoms with Gasteiger partial charge in [-0.1, -0.05) is 42.0 Å². The maximum atomic E-state index is 9.76. The fraction of sp³-hybridized carbons (Fsp3) is 0.167. The lowest BCUT2D eigenvalue weighted by molar-refractivity contribution is 0.0859. The van der Waals surface area contributed by atoms with Crippen LogP contribution >= 0.6 is 11.6 Å². The maximum Gasteiger partial charge on any atom is 0.109 e. The summed E-state index contributed by atoms with van der Waals surface area (Å²) in [5.41, 5.74) is 1.58. The van der Waals surface area contributed by atoms with Crippen LogP contribution in [0.25, 0.3) is 5.57 Å². The van der Waals surface area contributed by atoms with E-state index in [1.807, 2.05) is 12.1 Å². The molecule has 2 nitrogen and oxygen atoms in total. The third-order valence-electron chi connectivity index (χ3n) is 2.40. The molecule has 0 aromatic heterocycles. The summed E-state index contributed by atoms with van der Waals surface area (Å²) in [6.45, 7) is 0. The van der Waals surface area contributed by atoms with Crippen molar-refractivity contribution in [3.05, 3.63) is 53.1 Å². The molecule has 0 bridgehead atoms. The molecular formula is C12H11ClO2. The SMILES string of the molecule is OC1C=CC=C(c2ccc(Cl)cc2)C1O. The number of allylic oxidation sites excluding steroid dienone is 2. The van der Waals surface area contributed by atoms with Crippen molar-refractivity contribution >= 4 is 17.2 Å². The molecule has 0 radical (unpaired) electrons. The van der Waals surface area contributed by atoms with Crippen molar-refractivity contribution < 1.29 is 10.2 Å². The van der Waals surface area contributed by atoms with Crippen molar-refractivity contribution in [3.63, 3.8) is 0 Å². The molecular weight excluding hydrogens is 212 g/mol. The lowest BCUT2D eigenvalue weighted by atomic mass is 9.93. The highest BCUT2D eigenvalue weighted by atomic mass is 35.5. The van der Waals surface area contributed by atoms with E-state index in [1.54, 1.807) is 30.4 Å². The van der Waals surface area contributed by atoms with E-state index >= 15 is 0 Å². The van der Waals surface area contributed by atoms with Crippen LogP contribution in [-0.2, 0) is 0 Å². The van der Waals surface area contributed by atoms with E-state index in [0.29, 0.717) is 10.6 Å². The van der Waals surface area contributed by atoms with Crippen LogP contribution in [0.5, 0.6) is 0 Å². The van der Waals surface area contributed by atoms with Gasteiger partial charge in [0.1, 0.15) is 12.2 Å². The summed E-state index contributed by atoms with van der Waals surface area (Å²) < 4.78 is 0. The van der Waals surface area contributed by atoms with Crippen molar-refractivity contribution in [2.24, 2.45) is 0 Å². The van der Waals surface area contributed by atoms with Gasteiger partial charge in [0, 0.05) is 5.02 Å². The molecule has 78 valence electrons. The Morgan fingerprint density at radius 2 is 1.73 bits per heavy atom. The number of aliphatic hydroxyl groups excluding tert-OH is 2. The number of rotatable bonds is 1. The second-order valence-electron chi connectivity index (χ2n) is 3.45. The normalized spacial score (nSPS) is 25.1. The Balaban J connectivity index is 2.34. The molecule has 1 aromatic rings. The molecule has 2 N–H and O–H groups in total. The lowest BCUT2D eigenvalue weighted by Crippen LogP contribution is -2.26. The smallest absolute Gasteiger partial charge is 0.109 e. The number of benzene rings is 1. The van der Waals surface area contributed by atoms with Gasteiger partial charge in [-0.15, -0.1) is 0 Å². The van der Waals surface area contributed by atoms with Gasteiger partial charge in [-0.05, 0) is 23.3 Å². The average Bonchev–Trinajstić information content (AvgIpc) is 2.24. The fourth-order valence-corrected chi connectivity index (χ4v) is 1.70. The molecule has 0 heterocycles. The first-order valence-corrected chi connectivity index (χ1v) is 5.07. The van der Waals surface area contributed by atoms with Gasteiger partial charge >= 0.3 is 0 Å². The van der Waals surface area contributed by atoms with E-state index < -0.39 is 12.2 Å². The second-order valence-corrected chi connectivity index (χ2v) is 3.89. The number of aliphatic hydroxyl groups is 2. The molecule has 0 saturated heterocycles. The third-order valence-corrected chi connectivity index (χ3v) is 2.66. The van der Waals surface area contributed by atoms with Crippen molar-refractivity contribution in [2.75, 3.05) is 0 Å². The first kappa shape index (κ1) is 10.4. The molecule has 2 rings (SSSR count). The van der Waals surface area contributed by atoms with Crippen LogP contribution in [0.3, 0.4) is 0 Å². The Labute approximate surface area is 93.1 Å². The van der Waals surface area contributed by atoms with Gasteiger partial charge in [0.25, 0.3) is 0 Å². The van der Waals surface area contributed by atoms with Gasteiger partial charge in [-0.2, -0.15) is 0 Å². The van der Waals surface area contributed by atoms with Gasteiger partial charge in [-0.3, -0.25) is 0 Å². The molecule has 0 amide bonds. The highest BCUT2D eigenvalue weighted by Gasteiger charge is 2.21. The molecule has 2 unspecified atom stereocenters. The fourth-order valence-electron chi connectivity index (χ4n) is 1.57. The van der Waals surface area contributed by atoms with E-state index in [1.165, 1.54) is 0 Å². The van der Waals surface area contributed by atoms with E-state index in [0.717, 1.165) is 5.56 Å². The zero-order valence-corrected chi connectivity index (χ0v) is 8.72. The van der Waals surface area contributed by atoms with E-state index in [-0.39, 0.29) is 0 Å². The quantitative estimate of drug-likeness (QED) is 0.763. The molecule has 0 fully saturated rings. The summed E-state index contributed by atoms with van der Waals surface area (Å²) >= 11 is 5.77. The molecule has 1 aliphatic rings. The number of halogens is 1. The Bertz CT molecular complexity index is 406. The van der Waals surface area contributed by atoms with Crippen molar-refractivity contribution in [1.82, 2.24) is 0 Å². The summed E-state index contributed by atoms with van der Waals surface area (Å²) in [6.07, 6.45) is 3.39. The number of hydrogen-bond acceptors (Lipinski definition) is 2. The number of hydrogen-bond donors (Lipinski definition) is 2. The average molecular weight is 223 g/mol. The minimum absolute atomic E-state index is 0.653. The van der Waals surface area contributed by atoms with Crippen LogP contribution in [0.15, 0.2) is 42.5 Å². The van der Waals surface area contributed by atoms with Gasteiger partial charge in [0.15, 0.2) is 0 Å². The molecule has 0 saturated carbocycles. The third kappa shape index (κ3) is 2.12. The minimum atomic E-state index is -0.865. The van der Waals surface area contributed by atoms with Crippen LogP contribution in [0.4, 0.5) is 0 Å². The molecule has 1 aliphatic carbocycles. The van der Waals surface area contributed by atoms with Crippen LogP contribution in [0, 0.1) is 0 Å². The second kappa shape index (κ2) is 4.19. The highest BCUT2D eigenvalue weighted by molar-refractivity contribution is 6.30. The molecule has 1 aromatic carbocycles. The summed E-state index contributed by atoms with van der Waals surface area (Å²) in [7, 11) is 0. The Morgan fingerprint density at radius 3 is 2.40 bits per heavy atom. The van der Waals surface area contributed by atoms with Gasteiger partial charge in [0.05, 0.1) is 0 Å². The summed E-state index contributed by atoms with van der Waals surface area (Å²) in [6, 6.07) is 7.16. The van der Waals surface area contributed by atoms with Gasteiger partial charge < -0.3 is 10.2 Å². The zero-order chi connectivity index (χ0) is 10.8. The van der Waals surface area contributed by atoms with Crippen molar-refractivity contribution in [1.29, 1.82) is 0 Å². The predicted molar refractivity (Wildman–Crippen MR) is 60.6 cm³/mol. The van der Waals surface area contributed by atoms with Crippen molar-refractivity contribution in [2.45, 2.75) is 12.2 Å². The van der Waals surface area contributed by atoms with Crippen LogP contribution < -0.4 is 0 Å². The summed E-state index contributed by atoms with van der Waals surface area (Å²) in [5, 5.41) is 19.9. The van der Waals surface area contributed by atoms with E-state index in [2.05, 4.69) is 0 Å². The predicted octanol–water partition coefficient (Wildman–Crippen LogP) is 2.02. The Kier molecular flexibility index (Phi) is 2.91. The largest absolute Gasteiger partial charge is 0.386 e. The first-order valence-electron chi connectivity index (χ1n) is 4.69. The van der Waals surface area contributed by atoms with E-state index in [4.69, 9.17) is 11.6 Å². The zero-order valence-electron chi connectivity index (χ0n) is 7.97. The van der Waals surface area contributed by atoms with Crippen molar-refractivity contribution in [3.8, 4) is 0 Å². The first-order chi connectivity index (χ1) is 7.18. The Hall–Kier alpha value is -1.09. The van der Waals surface area contributed by atoms with Crippen LogP contribution in [-0.4, -0.2) is 22.4 Å². The molecule has 15 heavy (non-hydrogen) atoms. The molecule has 0 spiro atoms. The lowest BCUT2D eigenvalue weighted by Gasteiger charge is -2.21. The minimum Gasteiger partial charge on any atom is -0.386 e. The molecule has 3 heteroatoms. The highest BCUT2D eigenvalue weighted by Crippen LogP contribution is 2.25. The van der Waals surface area contributed by atoms with E-state index in [9.17, 15) is 10.2 Å². The molecule has 2 atom stereocenters.